The maximum absolute atomic E-state index is 12.1. The zero-order valence-corrected chi connectivity index (χ0v) is 10.9. The minimum absolute atomic E-state index is 0.0211. The highest BCUT2D eigenvalue weighted by molar-refractivity contribution is 6.05. The average Bonchev–Trinajstić information content (AvgIpc) is 2.84. The molecule has 0 radical (unpaired) electrons. The van der Waals surface area contributed by atoms with Gasteiger partial charge in [-0.05, 0) is 37.3 Å². The molecule has 3 aromatic rings. The smallest absolute Gasteiger partial charge is 0.291 e. The normalized spacial score (nSPS) is 10.7. The van der Waals surface area contributed by atoms with Crippen LogP contribution in [0.25, 0.3) is 11.0 Å². The van der Waals surface area contributed by atoms with Gasteiger partial charge in [0.15, 0.2) is 5.76 Å². The standard InChI is InChI=1S/C16H13NO3/c1-10-6-7-14-11(8-10)9-15(20-14)16(19)17-12-4-2-3-5-13(12)18/h2-9,18H,1H3,(H,17,19). The van der Waals surface area contributed by atoms with E-state index >= 15 is 0 Å². The van der Waals surface area contributed by atoms with Crippen LogP contribution in [0.3, 0.4) is 0 Å². The lowest BCUT2D eigenvalue weighted by atomic mass is 10.2. The Balaban J connectivity index is 1.91. The molecule has 2 aromatic carbocycles. The molecule has 3 rings (SSSR count). The third-order valence-corrected chi connectivity index (χ3v) is 3.05. The second-order valence-electron chi connectivity index (χ2n) is 4.62. The van der Waals surface area contributed by atoms with Crippen molar-refractivity contribution in [2.24, 2.45) is 0 Å². The van der Waals surface area contributed by atoms with Crippen LogP contribution >= 0.6 is 0 Å². The van der Waals surface area contributed by atoms with Gasteiger partial charge in [0, 0.05) is 5.39 Å². The summed E-state index contributed by atoms with van der Waals surface area (Å²) in [6.07, 6.45) is 0. The Kier molecular flexibility index (Phi) is 2.91. The second-order valence-corrected chi connectivity index (χ2v) is 4.62. The van der Waals surface area contributed by atoms with E-state index in [4.69, 9.17) is 4.42 Å². The van der Waals surface area contributed by atoms with Gasteiger partial charge in [-0.1, -0.05) is 23.8 Å². The lowest BCUT2D eigenvalue weighted by molar-refractivity contribution is 0.0998. The molecule has 0 aliphatic carbocycles. The summed E-state index contributed by atoms with van der Waals surface area (Å²) in [5, 5.41) is 13.1. The monoisotopic (exact) mass is 267 g/mol. The lowest BCUT2D eigenvalue weighted by Gasteiger charge is -2.04. The predicted molar refractivity (Wildman–Crippen MR) is 77.0 cm³/mol. The van der Waals surface area contributed by atoms with E-state index in [1.54, 1.807) is 24.3 Å². The maximum atomic E-state index is 12.1. The zero-order chi connectivity index (χ0) is 14.1. The number of benzene rings is 2. The molecule has 1 heterocycles. The van der Waals surface area contributed by atoms with E-state index in [9.17, 15) is 9.90 Å². The van der Waals surface area contributed by atoms with Crippen LogP contribution in [0.1, 0.15) is 16.1 Å². The molecule has 0 unspecified atom stereocenters. The predicted octanol–water partition coefficient (Wildman–Crippen LogP) is 3.70. The minimum Gasteiger partial charge on any atom is -0.506 e. The molecule has 100 valence electrons. The first kappa shape index (κ1) is 12.3. The molecule has 0 saturated heterocycles. The number of hydrogen-bond donors (Lipinski definition) is 2. The second kappa shape index (κ2) is 4.74. The van der Waals surface area contributed by atoms with Crippen molar-refractivity contribution in [1.29, 1.82) is 0 Å². The van der Waals surface area contributed by atoms with Crippen molar-refractivity contribution in [3.63, 3.8) is 0 Å². The number of phenols is 1. The van der Waals surface area contributed by atoms with Crippen LogP contribution in [0.5, 0.6) is 5.75 Å². The van der Waals surface area contributed by atoms with Crippen molar-refractivity contribution in [1.82, 2.24) is 0 Å². The summed E-state index contributed by atoms with van der Waals surface area (Å²) < 4.78 is 5.50. The Morgan fingerprint density at radius 1 is 1.15 bits per heavy atom. The number of rotatable bonds is 2. The van der Waals surface area contributed by atoms with Crippen LogP contribution in [-0.2, 0) is 0 Å². The van der Waals surface area contributed by atoms with Gasteiger partial charge < -0.3 is 14.8 Å². The Morgan fingerprint density at radius 3 is 2.75 bits per heavy atom. The number of carbonyl (C=O) groups excluding carboxylic acids is 1. The summed E-state index contributed by atoms with van der Waals surface area (Å²) in [5.74, 6) is -0.151. The van der Waals surface area contributed by atoms with Gasteiger partial charge in [-0.2, -0.15) is 0 Å². The molecular weight excluding hydrogens is 254 g/mol. The van der Waals surface area contributed by atoms with Crippen LogP contribution in [0.2, 0.25) is 0 Å². The third-order valence-electron chi connectivity index (χ3n) is 3.05. The fourth-order valence-electron chi connectivity index (χ4n) is 2.04. The molecule has 0 aliphatic heterocycles. The highest BCUT2D eigenvalue weighted by Gasteiger charge is 2.13. The first-order chi connectivity index (χ1) is 9.63. The first-order valence-corrected chi connectivity index (χ1v) is 6.23. The number of amides is 1. The third kappa shape index (κ3) is 2.23. The Labute approximate surface area is 115 Å². The Morgan fingerprint density at radius 2 is 1.95 bits per heavy atom. The van der Waals surface area contributed by atoms with Gasteiger partial charge in [-0.25, -0.2) is 0 Å². The molecule has 0 spiro atoms. The highest BCUT2D eigenvalue weighted by atomic mass is 16.3. The molecule has 20 heavy (non-hydrogen) atoms. The van der Waals surface area contributed by atoms with Crippen LogP contribution in [0, 0.1) is 6.92 Å². The first-order valence-electron chi connectivity index (χ1n) is 6.23. The average molecular weight is 267 g/mol. The summed E-state index contributed by atoms with van der Waals surface area (Å²) >= 11 is 0. The number of carbonyl (C=O) groups is 1. The van der Waals surface area contributed by atoms with E-state index in [2.05, 4.69) is 5.32 Å². The number of nitrogens with one attached hydrogen (secondary N) is 1. The Bertz CT molecular complexity index is 789. The number of furan rings is 1. The SMILES string of the molecule is Cc1ccc2oc(C(=O)Nc3ccccc3O)cc2c1. The molecule has 0 bridgehead atoms. The van der Waals surface area contributed by atoms with Gasteiger partial charge in [0.25, 0.3) is 5.91 Å². The number of anilines is 1. The molecule has 1 aromatic heterocycles. The molecule has 4 nitrogen and oxygen atoms in total. The molecule has 4 heteroatoms. The summed E-state index contributed by atoms with van der Waals surface area (Å²) in [6, 6.07) is 14.0. The van der Waals surface area contributed by atoms with Crippen LogP contribution < -0.4 is 5.32 Å². The summed E-state index contributed by atoms with van der Waals surface area (Å²) in [6.45, 7) is 1.98. The quantitative estimate of drug-likeness (QED) is 0.696. The number of para-hydroxylation sites is 2. The van der Waals surface area contributed by atoms with Crippen molar-refractivity contribution in [2.75, 3.05) is 5.32 Å². The van der Waals surface area contributed by atoms with Crippen LogP contribution in [0.4, 0.5) is 5.69 Å². The van der Waals surface area contributed by atoms with Crippen molar-refractivity contribution in [3.05, 3.63) is 59.9 Å². The van der Waals surface area contributed by atoms with Crippen molar-refractivity contribution >= 4 is 22.6 Å². The molecule has 2 N–H and O–H groups in total. The van der Waals surface area contributed by atoms with Crippen molar-refractivity contribution in [3.8, 4) is 5.75 Å². The summed E-state index contributed by atoms with van der Waals surface area (Å²) in [5.41, 5.74) is 2.12. The van der Waals surface area contributed by atoms with E-state index in [0.29, 0.717) is 11.3 Å². The van der Waals surface area contributed by atoms with E-state index < -0.39 is 0 Å². The van der Waals surface area contributed by atoms with Crippen molar-refractivity contribution in [2.45, 2.75) is 6.92 Å². The summed E-state index contributed by atoms with van der Waals surface area (Å²) in [4.78, 5) is 12.1. The zero-order valence-electron chi connectivity index (χ0n) is 10.9. The molecule has 1 amide bonds. The minimum atomic E-state index is -0.389. The van der Waals surface area contributed by atoms with Crippen LogP contribution in [0.15, 0.2) is 52.9 Å². The molecule has 0 aliphatic rings. The number of phenolic OH excluding ortho intramolecular Hbond substituents is 1. The van der Waals surface area contributed by atoms with Crippen LogP contribution in [-0.4, -0.2) is 11.0 Å². The number of aromatic hydroxyl groups is 1. The molecule has 0 atom stereocenters. The fourth-order valence-corrected chi connectivity index (χ4v) is 2.04. The maximum Gasteiger partial charge on any atom is 0.291 e. The van der Waals surface area contributed by atoms with Crippen molar-refractivity contribution < 1.29 is 14.3 Å². The number of fused-ring (bicyclic) bond motifs is 1. The van der Waals surface area contributed by atoms with E-state index in [0.717, 1.165) is 10.9 Å². The van der Waals surface area contributed by atoms with Gasteiger partial charge in [0.2, 0.25) is 0 Å². The van der Waals surface area contributed by atoms with Gasteiger partial charge in [0.1, 0.15) is 11.3 Å². The van der Waals surface area contributed by atoms with E-state index in [-0.39, 0.29) is 17.4 Å². The van der Waals surface area contributed by atoms with Gasteiger partial charge >= 0.3 is 0 Å². The van der Waals surface area contributed by atoms with E-state index in [1.165, 1.54) is 6.07 Å². The summed E-state index contributed by atoms with van der Waals surface area (Å²) in [7, 11) is 0. The lowest BCUT2D eigenvalue weighted by Crippen LogP contribution is -2.10. The largest absolute Gasteiger partial charge is 0.506 e. The fraction of sp³-hybridized carbons (Fsp3) is 0.0625. The van der Waals surface area contributed by atoms with Gasteiger partial charge in [-0.3, -0.25) is 4.79 Å². The van der Waals surface area contributed by atoms with E-state index in [1.807, 2.05) is 25.1 Å². The molecule has 0 fully saturated rings. The molecule has 0 saturated carbocycles. The Hall–Kier alpha value is -2.75. The van der Waals surface area contributed by atoms with Gasteiger partial charge in [0.05, 0.1) is 5.69 Å². The molecular formula is C16H13NO3. The van der Waals surface area contributed by atoms with Gasteiger partial charge in [-0.15, -0.1) is 0 Å². The number of aryl methyl sites for hydroxylation is 1. The highest BCUT2D eigenvalue weighted by Crippen LogP contribution is 2.24. The number of hydrogen-bond acceptors (Lipinski definition) is 3. The topological polar surface area (TPSA) is 62.5 Å².